The minimum Gasteiger partial charge on any atom is -0.373 e. The van der Waals surface area contributed by atoms with Gasteiger partial charge in [0.05, 0.1) is 19.3 Å². The van der Waals surface area contributed by atoms with Gasteiger partial charge in [-0.05, 0) is 14.0 Å². The molecule has 0 spiro atoms. The number of nitrogens with zero attached hydrogens (tertiary/aromatic N) is 4. The van der Waals surface area contributed by atoms with Crippen molar-refractivity contribution in [1.82, 2.24) is 14.9 Å². The van der Waals surface area contributed by atoms with Crippen molar-refractivity contribution in [3.8, 4) is 0 Å². The van der Waals surface area contributed by atoms with Crippen molar-refractivity contribution in [3.05, 3.63) is 18.1 Å². The lowest BCUT2D eigenvalue weighted by atomic mass is 10.2. The van der Waals surface area contributed by atoms with E-state index in [1.54, 1.807) is 6.33 Å². The van der Waals surface area contributed by atoms with Gasteiger partial charge in [-0.1, -0.05) is 0 Å². The number of anilines is 1. The molecular weight excluding hydrogens is 258 g/mol. The molecule has 7 nitrogen and oxygen atoms in total. The fourth-order valence-electron chi connectivity index (χ4n) is 2.33. The van der Waals surface area contributed by atoms with Crippen LogP contribution in [0.4, 0.5) is 5.82 Å². The van der Waals surface area contributed by atoms with Crippen molar-refractivity contribution in [1.29, 1.82) is 0 Å². The summed E-state index contributed by atoms with van der Waals surface area (Å²) in [6.45, 7) is 5.07. The average Bonchev–Trinajstić information content (AvgIpc) is 2.38. The number of amides is 1. The second-order valence-electron chi connectivity index (χ2n) is 5.12. The molecule has 1 saturated heterocycles. The molecule has 1 fully saturated rings. The quantitative estimate of drug-likeness (QED) is 0.775. The maximum absolute atomic E-state index is 10.9. The normalized spacial score (nSPS) is 19.4. The predicted octanol–water partition coefficient (Wildman–Crippen LogP) is -0.593. The largest absolute Gasteiger partial charge is 0.373 e. The molecule has 0 aliphatic carbocycles. The van der Waals surface area contributed by atoms with Gasteiger partial charge in [-0.3, -0.25) is 9.69 Å². The highest BCUT2D eigenvalue weighted by molar-refractivity contribution is 5.75. The summed E-state index contributed by atoms with van der Waals surface area (Å²) < 4.78 is 5.73. The van der Waals surface area contributed by atoms with Crippen molar-refractivity contribution in [2.75, 3.05) is 44.7 Å². The zero-order chi connectivity index (χ0) is 14.5. The van der Waals surface area contributed by atoms with E-state index < -0.39 is 0 Å². The Labute approximate surface area is 118 Å². The van der Waals surface area contributed by atoms with Gasteiger partial charge in [0, 0.05) is 31.4 Å². The number of rotatable bonds is 5. The van der Waals surface area contributed by atoms with E-state index in [0.717, 1.165) is 24.6 Å². The highest BCUT2D eigenvalue weighted by atomic mass is 16.5. The van der Waals surface area contributed by atoms with E-state index in [-0.39, 0.29) is 18.6 Å². The molecule has 0 bridgehead atoms. The van der Waals surface area contributed by atoms with Gasteiger partial charge in [0.15, 0.2) is 0 Å². The third-order valence-electron chi connectivity index (χ3n) is 3.19. The van der Waals surface area contributed by atoms with E-state index in [1.807, 2.05) is 24.9 Å². The number of carbonyl (C=O) groups is 1. The number of nitrogens with two attached hydrogens (primary N) is 1. The molecule has 1 atom stereocenters. The van der Waals surface area contributed by atoms with Crippen LogP contribution in [-0.2, 0) is 9.53 Å². The maximum atomic E-state index is 10.9. The lowest BCUT2D eigenvalue weighted by Gasteiger charge is -2.35. The molecule has 1 aliphatic heterocycles. The van der Waals surface area contributed by atoms with Crippen LogP contribution in [0.1, 0.15) is 5.69 Å². The molecule has 1 aliphatic rings. The summed E-state index contributed by atoms with van der Waals surface area (Å²) in [4.78, 5) is 23.3. The van der Waals surface area contributed by atoms with Crippen molar-refractivity contribution in [3.63, 3.8) is 0 Å². The molecule has 2 N–H and O–H groups in total. The minimum atomic E-state index is -0.327. The van der Waals surface area contributed by atoms with Crippen molar-refractivity contribution < 1.29 is 9.53 Å². The number of likely N-dealkylation sites (N-methyl/N-ethyl adjacent to an activating group) is 1. The summed E-state index contributed by atoms with van der Waals surface area (Å²) in [6.07, 6.45) is 1.62. The molecule has 2 rings (SSSR count). The Balaban J connectivity index is 1.93. The van der Waals surface area contributed by atoms with Crippen LogP contribution in [0.5, 0.6) is 0 Å². The molecule has 1 amide bonds. The summed E-state index contributed by atoms with van der Waals surface area (Å²) in [5.41, 5.74) is 6.13. The fraction of sp³-hybridized carbons (Fsp3) is 0.615. The van der Waals surface area contributed by atoms with E-state index in [1.165, 1.54) is 0 Å². The number of hydrogen-bond acceptors (Lipinski definition) is 6. The Bertz CT molecular complexity index is 468. The molecule has 0 unspecified atom stereocenters. The van der Waals surface area contributed by atoms with Gasteiger partial charge in [0.25, 0.3) is 0 Å². The van der Waals surface area contributed by atoms with E-state index >= 15 is 0 Å². The van der Waals surface area contributed by atoms with E-state index in [4.69, 9.17) is 10.5 Å². The Hall–Kier alpha value is -1.73. The summed E-state index contributed by atoms with van der Waals surface area (Å²) in [5.74, 6) is 0.593. The lowest BCUT2D eigenvalue weighted by molar-refractivity contribution is -0.119. The molecule has 0 aromatic carbocycles. The van der Waals surface area contributed by atoms with Gasteiger partial charge >= 0.3 is 0 Å². The van der Waals surface area contributed by atoms with Gasteiger partial charge in [-0.15, -0.1) is 0 Å². The third-order valence-corrected chi connectivity index (χ3v) is 3.19. The Kier molecular flexibility index (Phi) is 4.86. The number of aryl methyl sites for hydroxylation is 1. The average molecular weight is 279 g/mol. The van der Waals surface area contributed by atoms with E-state index in [9.17, 15) is 4.79 Å². The fourth-order valence-corrected chi connectivity index (χ4v) is 2.33. The third kappa shape index (κ3) is 4.14. The summed E-state index contributed by atoms with van der Waals surface area (Å²) in [5, 5.41) is 0. The number of hydrogen-bond donors (Lipinski definition) is 1. The first kappa shape index (κ1) is 14.7. The van der Waals surface area contributed by atoms with Gasteiger partial charge < -0.3 is 15.4 Å². The number of ether oxygens (including phenoxy) is 1. The summed E-state index contributed by atoms with van der Waals surface area (Å²) >= 11 is 0. The van der Waals surface area contributed by atoms with Gasteiger partial charge in [0.1, 0.15) is 12.1 Å². The van der Waals surface area contributed by atoms with Crippen LogP contribution in [-0.4, -0.2) is 66.7 Å². The molecule has 1 aromatic heterocycles. The Morgan fingerprint density at radius 3 is 3.10 bits per heavy atom. The van der Waals surface area contributed by atoms with Crippen LogP contribution < -0.4 is 10.6 Å². The van der Waals surface area contributed by atoms with Crippen LogP contribution >= 0.6 is 0 Å². The molecule has 0 radical (unpaired) electrons. The van der Waals surface area contributed by atoms with Crippen LogP contribution in [0.2, 0.25) is 0 Å². The minimum absolute atomic E-state index is 0.0448. The topological polar surface area (TPSA) is 84.6 Å². The van der Waals surface area contributed by atoms with Gasteiger partial charge in [-0.2, -0.15) is 0 Å². The van der Waals surface area contributed by atoms with Crippen molar-refractivity contribution in [2.24, 2.45) is 5.73 Å². The van der Waals surface area contributed by atoms with Crippen LogP contribution in [0.25, 0.3) is 0 Å². The molecule has 0 saturated carbocycles. The number of carbonyl (C=O) groups excluding carboxylic acids is 1. The molecule has 110 valence electrons. The van der Waals surface area contributed by atoms with Gasteiger partial charge in [0.2, 0.25) is 5.91 Å². The van der Waals surface area contributed by atoms with Crippen molar-refractivity contribution in [2.45, 2.75) is 13.0 Å². The SMILES string of the molecule is Cc1cc(N2CCO[C@H](CN(C)CC(N)=O)C2)ncn1. The summed E-state index contributed by atoms with van der Waals surface area (Å²) in [6, 6.07) is 1.97. The highest BCUT2D eigenvalue weighted by Gasteiger charge is 2.23. The van der Waals surface area contributed by atoms with E-state index in [0.29, 0.717) is 13.2 Å². The van der Waals surface area contributed by atoms with Crippen LogP contribution in [0.3, 0.4) is 0 Å². The maximum Gasteiger partial charge on any atom is 0.231 e. The summed E-state index contributed by atoms with van der Waals surface area (Å²) in [7, 11) is 1.86. The molecule has 20 heavy (non-hydrogen) atoms. The van der Waals surface area contributed by atoms with Crippen molar-refractivity contribution >= 4 is 11.7 Å². The Morgan fingerprint density at radius 1 is 1.60 bits per heavy atom. The lowest BCUT2D eigenvalue weighted by Crippen LogP contribution is -2.48. The first-order valence-electron chi connectivity index (χ1n) is 6.66. The van der Waals surface area contributed by atoms with Crippen LogP contribution in [0.15, 0.2) is 12.4 Å². The van der Waals surface area contributed by atoms with Crippen LogP contribution in [0, 0.1) is 6.92 Å². The zero-order valence-corrected chi connectivity index (χ0v) is 12.0. The molecular formula is C13H21N5O2. The molecule has 1 aromatic rings. The first-order valence-corrected chi connectivity index (χ1v) is 6.66. The first-order chi connectivity index (χ1) is 9.54. The molecule has 7 heteroatoms. The number of primary amides is 1. The second-order valence-corrected chi connectivity index (χ2v) is 5.12. The smallest absolute Gasteiger partial charge is 0.231 e. The number of morpholine rings is 1. The highest BCUT2D eigenvalue weighted by Crippen LogP contribution is 2.15. The number of aromatic nitrogens is 2. The monoisotopic (exact) mass is 279 g/mol. The Morgan fingerprint density at radius 2 is 2.40 bits per heavy atom. The van der Waals surface area contributed by atoms with E-state index in [2.05, 4.69) is 14.9 Å². The zero-order valence-electron chi connectivity index (χ0n) is 12.0. The van der Waals surface area contributed by atoms with Gasteiger partial charge in [-0.25, -0.2) is 9.97 Å². The standard InChI is InChI=1S/C13H21N5O2/c1-10-5-13(16-9-15-10)18-3-4-20-11(7-18)6-17(2)8-12(14)19/h5,9,11H,3-4,6-8H2,1-2H3,(H2,14,19)/t11-/m1/s1. The second kappa shape index (κ2) is 6.62. The molecule has 2 heterocycles. The predicted molar refractivity (Wildman–Crippen MR) is 75.4 cm³/mol.